The van der Waals surface area contributed by atoms with Crippen molar-refractivity contribution in [2.75, 3.05) is 7.11 Å². The van der Waals surface area contributed by atoms with Crippen LogP contribution in [0.4, 0.5) is 0 Å². The fourth-order valence-electron chi connectivity index (χ4n) is 3.26. The normalized spacial score (nSPS) is 23.3. The molecule has 0 aliphatic heterocycles. The molecule has 0 bridgehead atoms. The van der Waals surface area contributed by atoms with Crippen molar-refractivity contribution in [3.63, 3.8) is 0 Å². The lowest BCUT2D eigenvalue weighted by atomic mass is 10.2. The standard InChI is InChI=1S/C16H18ClN3O/c1-10(17)16-19-15-11(9-18)4-3-5-14(15)20(16)12-6-7-13(8-12)21-2/h3-5,10,12-13H,6-8H2,1-2H3. The van der Waals surface area contributed by atoms with Crippen molar-refractivity contribution in [2.24, 2.45) is 0 Å². The van der Waals surface area contributed by atoms with Gasteiger partial charge in [0.25, 0.3) is 0 Å². The summed E-state index contributed by atoms with van der Waals surface area (Å²) in [7, 11) is 1.76. The van der Waals surface area contributed by atoms with Gasteiger partial charge < -0.3 is 9.30 Å². The first-order valence-corrected chi connectivity index (χ1v) is 7.67. The Morgan fingerprint density at radius 3 is 2.90 bits per heavy atom. The molecule has 1 aromatic heterocycles. The highest BCUT2D eigenvalue weighted by Gasteiger charge is 2.30. The third kappa shape index (κ3) is 2.41. The van der Waals surface area contributed by atoms with E-state index in [1.165, 1.54) is 0 Å². The summed E-state index contributed by atoms with van der Waals surface area (Å²) in [5.74, 6) is 0.844. The van der Waals surface area contributed by atoms with Gasteiger partial charge in [0.15, 0.2) is 0 Å². The van der Waals surface area contributed by atoms with Crippen LogP contribution in [-0.4, -0.2) is 22.8 Å². The summed E-state index contributed by atoms with van der Waals surface area (Å²) < 4.78 is 7.69. The molecule has 1 heterocycles. The van der Waals surface area contributed by atoms with E-state index in [9.17, 15) is 5.26 Å². The third-order valence-corrected chi connectivity index (χ3v) is 4.47. The second kappa shape index (κ2) is 5.67. The molecule has 110 valence electrons. The molecule has 0 amide bonds. The van der Waals surface area contributed by atoms with Crippen molar-refractivity contribution in [3.8, 4) is 6.07 Å². The number of benzene rings is 1. The first-order valence-electron chi connectivity index (χ1n) is 7.23. The number of halogens is 1. The first-order chi connectivity index (χ1) is 10.2. The largest absolute Gasteiger partial charge is 0.381 e. The zero-order chi connectivity index (χ0) is 15.0. The van der Waals surface area contributed by atoms with Crippen molar-refractivity contribution in [3.05, 3.63) is 29.6 Å². The van der Waals surface area contributed by atoms with E-state index >= 15 is 0 Å². The lowest BCUT2D eigenvalue weighted by Gasteiger charge is -2.18. The molecule has 0 radical (unpaired) electrons. The van der Waals surface area contributed by atoms with Gasteiger partial charge in [-0.1, -0.05) is 6.07 Å². The van der Waals surface area contributed by atoms with E-state index < -0.39 is 0 Å². The SMILES string of the molecule is COC1CCC(n2c(C(C)Cl)nc3c(C#N)cccc32)C1. The average Bonchev–Trinajstić information content (AvgIpc) is 3.10. The molecular formula is C16H18ClN3O. The highest BCUT2D eigenvalue weighted by molar-refractivity contribution is 6.20. The van der Waals surface area contributed by atoms with Crippen LogP contribution in [0.25, 0.3) is 11.0 Å². The lowest BCUT2D eigenvalue weighted by molar-refractivity contribution is 0.106. The van der Waals surface area contributed by atoms with Gasteiger partial charge in [-0.3, -0.25) is 0 Å². The zero-order valence-electron chi connectivity index (χ0n) is 12.2. The smallest absolute Gasteiger partial charge is 0.128 e. The number of fused-ring (bicyclic) bond motifs is 1. The Morgan fingerprint density at radius 1 is 1.48 bits per heavy atom. The second-order valence-electron chi connectivity index (χ2n) is 5.57. The highest BCUT2D eigenvalue weighted by atomic mass is 35.5. The average molecular weight is 304 g/mol. The number of rotatable bonds is 3. The Morgan fingerprint density at radius 2 is 2.29 bits per heavy atom. The predicted molar refractivity (Wildman–Crippen MR) is 82.4 cm³/mol. The summed E-state index contributed by atoms with van der Waals surface area (Å²) in [6, 6.07) is 8.28. The summed E-state index contributed by atoms with van der Waals surface area (Å²) in [5, 5.41) is 9.08. The summed E-state index contributed by atoms with van der Waals surface area (Å²) in [6.07, 6.45) is 3.37. The van der Waals surface area contributed by atoms with Crippen LogP contribution in [-0.2, 0) is 4.74 Å². The van der Waals surface area contributed by atoms with Crippen LogP contribution in [0.3, 0.4) is 0 Å². The maximum atomic E-state index is 9.27. The molecule has 1 saturated carbocycles. The molecule has 2 aromatic rings. The number of para-hydroxylation sites is 1. The molecule has 1 aromatic carbocycles. The van der Waals surface area contributed by atoms with Crippen LogP contribution in [0.5, 0.6) is 0 Å². The van der Waals surface area contributed by atoms with Crippen LogP contribution in [0, 0.1) is 11.3 Å². The molecule has 3 unspecified atom stereocenters. The highest BCUT2D eigenvalue weighted by Crippen LogP contribution is 2.38. The van der Waals surface area contributed by atoms with Gasteiger partial charge in [0.05, 0.1) is 22.6 Å². The van der Waals surface area contributed by atoms with E-state index in [0.717, 1.165) is 36.1 Å². The van der Waals surface area contributed by atoms with E-state index in [1.54, 1.807) is 13.2 Å². The van der Waals surface area contributed by atoms with E-state index in [-0.39, 0.29) is 5.38 Å². The molecule has 1 fully saturated rings. The van der Waals surface area contributed by atoms with Crippen molar-refractivity contribution in [1.29, 1.82) is 5.26 Å². The zero-order valence-corrected chi connectivity index (χ0v) is 13.0. The number of nitrogens with zero attached hydrogens (tertiary/aromatic N) is 3. The molecule has 1 aliphatic carbocycles. The summed E-state index contributed by atoms with van der Waals surface area (Å²) in [6.45, 7) is 1.92. The van der Waals surface area contributed by atoms with Gasteiger partial charge in [-0.25, -0.2) is 4.98 Å². The molecule has 0 N–H and O–H groups in total. The minimum Gasteiger partial charge on any atom is -0.381 e. The Labute approximate surface area is 129 Å². The monoisotopic (exact) mass is 303 g/mol. The molecule has 1 aliphatic rings. The van der Waals surface area contributed by atoms with E-state index in [2.05, 4.69) is 15.6 Å². The van der Waals surface area contributed by atoms with Gasteiger partial charge in [0, 0.05) is 13.2 Å². The molecular weight excluding hydrogens is 286 g/mol. The molecule has 3 rings (SSSR count). The van der Waals surface area contributed by atoms with Gasteiger partial charge >= 0.3 is 0 Å². The molecule has 0 spiro atoms. The van der Waals surface area contributed by atoms with Crippen molar-refractivity contribution < 1.29 is 4.74 Å². The van der Waals surface area contributed by atoms with Gasteiger partial charge in [0.2, 0.25) is 0 Å². The molecule has 5 heteroatoms. The maximum absolute atomic E-state index is 9.27. The molecule has 3 atom stereocenters. The maximum Gasteiger partial charge on any atom is 0.128 e. The summed E-state index contributed by atoms with van der Waals surface area (Å²) in [4.78, 5) is 4.65. The quantitative estimate of drug-likeness (QED) is 0.807. The van der Waals surface area contributed by atoms with Crippen LogP contribution in [0.2, 0.25) is 0 Å². The Hall–Kier alpha value is -1.57. The van der Waals surface area contributed by atoms with Crippen LogP contribution in [0.15, 0.2) is 18.2 Å². The number of hydrogen-bond acceptors (Lipinski definition) is 3. The molecule has 4 nitrogen and oxygen atoms in total. The van der Waals surface area contributed by atoms with Crippen LogP contribution < -0.4 is 0 Å². The number of methoxy groups -OCH3 is 1. The van der Waals surface area contributed by atoms with Gasteiger partial charge in [0.1, 0.15) is 17.4 Å². The van der Waals surface area contributed by atoms with Gasteiger partial charge in [-0.05, 0) is 38.3 Å². The van der Waals surface area contributed by atoms with E-state index in [1.807, 2.05) is 19.1 Å². The van der Waals surface area contributed by atoms with Crippen LogP contribution >= 0.6 is 11.6 Å². The summed E-state index contributed by atoms with van der Waals surface area (Å²) >= 11 is 6.33. The lowest BCUT2D eigenvalue weighted by Crippen LogP contribution is -2.12. The van der Waals surface area contributed by atoms with Crippen molar-refractivity contribution in [2.45, 2.75) is 43.7 Å². The Balaban J connectivity index is 2.16. The fourth-order valence-corrected chi connectivity index (χ4v) is 3.41. The third-order valence-electron chi connectivity index (χ3n) is 4.28. The first kappa shape index (κ1) is 14.4. The van der Waals surface area contributed by atoms with Gasteiger partial charge in [-0.2, -0.15) is 5.26 Å². The number of nitriles is 1. The number of imidazole rings is 1. The van der Waals surface area contributed by atoms with Crippen molar-refractivity contribution in [1.82, 2.24) is 9.55 Å². The summed E-state index contributed by atoms with van der Waals surface area (Å²) in [5.41, 5.74) is 2.35. The minimum atomic E-state index is -0.189. The number of hydrogen-bond donors (Lipinski definition) is 0. The van der Waals surface area contributed by atoms with E-state index in [4.69, 9.17) is 16.3 Å². The molecule has 0 saturated heterocycles. The Kier molecular flexibility index (Phi) is 3.88. The van der Waals surface area contributed by atoms with Crippen molar-refractivity contribution >= 4 is 22.6 Å². The Bertz CT molecular complexity index is 701. The minimum absolute atomic E-state index is 0.189. The fraction of sp³-hybridized carbons (Fsp3) is 0.500. The predicted octanol–water partition coefficient (Wildman–Crippen LogP) is 3.95. The molecule has 21 heavy (non-hydrogen) atoms. The van der Waals surface area contributed by atoms with E-state index in [0.29, 0.717) is 17.7 Å². The number of aromatic nitrogens is 2. The second-order valence-corrected chi connectivity index (χ2v) is 6.22. The number of ether oxygens (including phenoxy) is 1. The van der Waals surface area contributed by atoms with Crippen LogP contribution in [0.1, 0.15) is 49.0 Å². The number of alkyl halides is 1. The van der Waals surface area contributed by atoms with Gasteiger partial charge in [-0.15, -0.1) is 11.6 Å². The topological polar surface area (TPSA) is 50.8 Å².